The molecular formula is C18H22N6O2. The van der Waals surface area contributed by atoms with Crippen molar-refractivity contribution >= 4 is 22.8 Å². The van der Waals surface area contributed by atoms with Gasteiger partial charge in [-0.2, -0.15) is 5.10 Å². The maximum atomic E-state index is 12.7. The molecule has 0 radical (unpaired) electrons. The molecule has 0 unspecified atom stereocenters. The van der Waals surface area contributed by atoms with E-state index in [1.807, 2.05) is 27.7 Å². The normalized spacial score (nSPS) is 11.3. The molecule has 0 aromatic carbocycles. The second-order valence-electron chi connectivity index (χ2n) is 6.66. The van der Waals surface area contributed by atoms with Crippen LogP contribution in [0.25, 0.3) is 11.0 Å². The van der Waals surface area contributed by atoms with Gasteiger partial charge in [0.2, 0.25) is 0 Å². The fraction of sp³-hybridized carbons (Fsp3) is 0.333. The molecule has 0 fully saturated rings. The lowest BCUT2D eigenvalue weighted by atomic mass is 10.1. The van der Waals surface area contributed by atoms with Gasteiger partial charge in [0.25, 0.3) is 11.8 Å². The molecule has 0 saturated heterocycles. The molecular weight excluding hydrogens is 332 g/mol. The Kier molecular flexibility index (Phi) is 4.75. The summed E-state index contributed by atoms with van der Waals surface area (Å²) in [6.07, 6.45) is 3.27. The second-order valence-corrected chi connectivity index (χ2v) is 6.66. The van der Waals surface area contributed by atoms with Crippen LogP contribution >= 0.6 is 0 Å². The maximum Gasteiger partial charge on any atom is 0.286 e. The zero-order valence-electron chi connectivity index (χ0n) is 15.2. The summed E-state index contributed by atoms with van der Waals surface area (Å²) in [4.78, 5) is 32.1. The summed E-state index contributed by atoms with van der Waals surface area (Å²) in [5, 5.41) is 5.00. The van der Waals surface area contributed by atoms with Crippen LogP contribution in [0, 0.1) is 0 Å². The van der Waals surface area contributed by atoms with Gasteiger partial charge in [-0.1, -0.05) is 13.8 Å². The SMILES string of the molecule is CC(C)c1cc(C(=O)NNC(=O)c2ccc[nH]2)c2cnn(C(C)C)c2n1. The topological polar surface area (TPSA) is 105 Å². The van der Waals surface area contributed by atoms with Crippen molar-refractivity contribution in [3.63, 3.8) is 0 Å². The Labute approximate surface area is 151 Å². The fourth-order valence-corrected chi connectivity index (χ4v) is 2.62. The highest BCUT2D eigenvalue weighted by Crippen LogP contribution is 2.24. The fourth-order valence-electron chi connectivity index (χ4n) is 2.62. The van der Waals surface area contributed by atoms with E-state index in [0.717, 1.165) is 5.69 Å². The summed E-state index contributed by atoms with van der Waals surface area (Å²) in [6.45, 7) is 8.04. The quantitative estimate of drug-likeness (QED) is 0.626. The van der Waals surface area contributed by atoms with Crippen molar-refractivity contribution in [2.45, 2.75) is 39.7 Å². The van der Waals surface area contributed by atoms with E-state index < -0.39 is 11.8 Å². The zero-order valence-corrected chi connectivity index (χ0v) is 15.2. The Morgan fingerprint density at radius 1 is 1.15 bits per heavy atom. The average molecular weight is 354 g/mol. The van der Waals surface area contributed by atoms with Crippen LogP contribution in [0.2, 0.25) is 0 Å². The minimum absolute atomic E-state index is 0.117. The van der Waals surface area contributed by atoms with Gasteiger partial charge >= 0.3 is 0 Å². The van der Waals surface area contributed by atoms with E-state index in [2.05, 4.69) is 25.9 Å². The molecule has 0 aliphatic carbocycles. The van der Waals surface area contributed by atoms with Crippen molar-refractivity contribution in [1.29, 1.82) is 0 Å². The van der Waals surface area contributed by atoms with Gasteiger partial charge in [-0.15, -0.1) is 0 Å². The highest BCUT2D eigenvalue weighted by Gasteiger charge is 2.19. The third-order valence-corrected chi connectivity index (χ3v) is 4.04. The van der Waals surface area contributed by atoms with Crippen LogP contribution in [0.1, 0.15) is 66.2 Å². The van der Waals surface area contributed by atoms with Gasteiger partial charge < -0.3 is 4.98 Å². The molecule has 3 aromatic rings. The lowest BCUT2D eigenvalue weighted by molar-refractivity contribution is 0.0845. The third-order valence-electron chi connectivity index (χ3n) is 4.04. The summed E-state index contributed by atoms with van der Waals surface area (Å²) in [5.74, 6) is -0.687. The molecule has 136 valence electrons. The summed E-state index contributed by atoms with van der Waals surface area (Å²) in [5.41, 5.74) is 7.11. The molecule has 3 rings (SSSR count). The van der Waals surface area contributed by atoms with Crippen LogP contribution in [0.4, 0.5) is 0 Å². The van der Waals surface area contributed by atoms with E-state index in [1.54, 1.807) is 35.3 Å². The molecule has 0 atom stereocenters. The number of pyridine rings is 1. The third kappa shape index (κ3) is 3.30. The van der Waals surface area contributed by atoms with E-state index >= 15 is 0 Å². The van der Waals surface area contributed by atoms with Crippen LogP contribution in [-0.2, 0) is 0 Å². The summed E-state index contributed by atoms with van der Waals surface area (Å²) in [7, 11) is 0. The van der Waals surface area contributed by atoms with E-state index in [9.17, 15) is 9.59 Å². The molecule has 3 aromatic heterocycles. The first kappa shape index (κ1) is 17.7. The minimum atomic E-state index is -0.421. The van der Waals surface area contributed by atoms with E-state index in [4.69, 9.17) is 0 Å². The Balaban J connectivity index is 1.92. The number of amides is 2. The lowest BCUT2D eigenvalue weighted by Gasteiger charge is -2.12. The van der Waals surface area contributed by atoms with Gasteiger partial charge in [0.1, 0.15) is 5.69 Å². The summed E-state index contributed by atoms with van der Waals surface area (Å²) < 4.78 is 1.79. The van der Waals surface area contributed by atoms with Crippen LogP contribution in [0.3, 0.4) is 0 Å². The van der Waals surface area contributed by atoms with E-state index in [-0.39, 0.29) is 12.0 Å². The smallest absolute Gasteiger partial charge is 0.286 e. The van der Waals surface area contributed by atoms with E-state index in [0.29, 0.717) is 22.3 Å². The number of aromatic nitrogens is 4. The van der Waals surface area contributed by atoms with Crippen LogP contribution in [0.5, 0.6) is 0 Å². The molecule has 8 nitrogen and oxygen atoms in total. The number of H-pyrrole nitrogens is 1. The number of carbonyl (C=O) groups excluding carboxylic acids is 2. The monoisotopic (exact) mass is 354 g/mol. The van der Waals surface area contributed by atoms with Crippen molar-refractivity contribution in [3.8, 4) is 0 Å². The number of fused-ring (bicyclic) bond motifs is 1. The number of nitrogens with zero attached hydrogens (tertiary/aromatic N) is 3. The van der Waals surface area contributed by atoms with Gasteiger partial charge in [0, 0.05) is 17.9 Å². The number of nitrogens with one attached hydrogen (secondary N) is 3. The van der Waals surface area contributed by atoms with Crippen molar-refractivity contribution in [2.75, 3.05) is 0 Å². The molecule has 0 aliphatic heterocycles. The zero-order chi connectivity index (χ0) is 18.8. The number of hydrogen-bond acceptors (Lipinski definition) is 4. The van der Waals surface area contributed by atoms with Gasteiger partial charge in [-0.05, 0) is 38.0 Å². The van der Waals surface area contributed by atoms with Crippen molar-refractivity contribution < 1.29 is 9.59 Å². The first-order valence-corrected chi connectivity index (χ1v) is 8.50. The number of rotatable bonds is 4. The number of carbonyl (C=O) groups is 2. The first-order valence-electron chi connectivity index (χ1n) is 8.50. The Bertz CT molecular complexity index is 940. The largest absolute Gasteiger partial charge is 0.357 e. The molecule has 0 aliphatic rings. The van der Waals surface area contributed by atoms with Crippen LogP contribution in [0.15, 0.2) is 30.6 Å². The van der Waals surface area contributed by atoms with Crippen molar-refractivity contribution in [2.24, 2.45) is 0 Å². The molecule has 0 saturated carbocycles. The molecule has 2 amide bonds. The van der Waals surface area contributed by atoms with E-state index in [1.165, 1.54) is 0 Å². The molecule has 0 spiro atoms. The highest BCUT2D eigenvalue weighted by atomic mass is 16.2. The molecule has 3 N–H and O–H groups in total. The lowest BCUT2D eigenvalue weighted by Crippen LogP contribution is -2.41. The minimum Gasteiger partial charge on any atom is -0.357 e. The number of aromatic amines is 1. The Morgan fingerprint density at radius 3 is 2.50 bits per heavy atom. The van der Waals surface area contributed by atoms with Gasteiger partial charge in [0.15, 0.2) is 5.65 Å². The molecule has 26 heavy (non-hydrogen) atoms. The van der Waals surface area contributed by atoms with Crippen LogP contribution in [-0.4, -0.2) is 31.6 Å². The standard InChI is InChI=1S/C18H22N6O2/c1-10(2)15-8-12(13-9-20-24(11(3)4)16(13)21-15)17(25)22-23-18(26)14-6-5-7-19-14/h5-11,19H,1-4H3,(H,22,25)(H,23,26). The highest BCUT2D eigenvalue weighted by molar-refractivity contribution is 6.06. The van der Waals surface area contributed by atoms with Gasteiger partial charge in [0.05, 0.1) is 17.1 Å². The van der Waals surface area contributed by atoms with Gasteiger partial charge in [-0.3, -0.25) is 20.4 Å². The summed E-state index contributed by atoms with van der Waals surface area (Å²) in [6, 6.07) is 5.19. The van der Waals surface area contributed by atoms with Gasteiger partial charge in [-0.25, -0.2) is 9.67 Å². The molecule has 3 heterocycles. The van der Waals surface area contributed by atoms with Crippen molar-refractivity contribution in [1.82, 2.24) is 30.6 Å². The maximum absolute atomic E-state index is 12.7. The first-order chi connectivity index (χ1) is 12.4. The second kappa shape index (κ2) is 6.99. The van der Waals surface area contributed by atoms with Crippen molar-refractivity contribution in [3.05, 3.63) is 47.5 Å². The Hall–Kier alpha value is -3.16. The number of hydrogen-bond donors (Lipinski definition) is 3. The van der Waals surface area contributed by atoms with Crippen LogP contribution < -0.4 is 10.9 Å². The molecule has 0 bridgehead atoms. The molecule has 8 heteroatoms. The predicted molar refractivity (Wildman–Crippen MR) is 97.7 cm³/mol. The summed E-state index contributed by atoms with van der Waals surface area (Å²) >= 11 is 0. The number of hydrazine groups is 1. The predicted octanol–water partition coefficient (Wildman–Crippen LogP) is 2.54. The average Bonchev–Trinajstić information content (AvgIpc) is 3.27. The Morgan fingerprint density at radius 2 is 1.88 bits per heavy atom.